The molecule has 3 aromatic rings. The van der Waals surface area contributed by atoms with Crippen molar-refractivity contribution in [3.8, 4) is 22.5 Å². The Labute approximate surface area is 206 Å². The van der Waals surface area contributed by atoms with Crippen molar-refractivity contribution < 1.29 is 18.8 Å². The molecule has 0 atom stereocenters. The molecule has 4 rings (SSSR count). The fourth-order valence-electron chi connectivity index (χ4n) is 4.19. The van der Waals surface area contributed by atoms with Crippen LogP contribution in [0.3, 0.4) is 0 Å². The molecule has 35 heavy (non-hydrogen) atoms. The van der Waals surface area contributed by atoms with E-state index in [1.54, 1.807) is 0 Å². The topological polar surface area (TPSA) is 109 Å². The largest absolute Gasteiger partial charge is 0.341 e. The van der Waals surface area contributed by atoms with Gasteiger partial charge in [0.2, 0.25) is 5.82 Å². The Hall–Kier alpha value is -3.18. The standard InChI is InChI=1S/C23H26ClF2N7O2/c1-23(2)6-4-15(5-7-23)33(35)22(34)28-12-19-17(25)8-13(11-27-19)16-9-14(24)10-18(26)20(16)21-29-31-32(3)30-21/h8-11,15,35H,4-7,12H2,1-3H3,(H,28,34). The zero-order valence-corrected chi connectivity index (χ0v) is 20.4. The molecule has 2 heterocycles. The normalized spacial score (nSPS) is 15.7. The first-order chi connectivity index (χ1) is 16.5. The second-order valence-electron chi connectivity index (χ2n) is 9.46. The number of hydroxylamine groups is 2. The number of nitrogens with zero attached hydrogens (tertiary/aromatic N) is 6. The number of rotatable bonds is 5. The molecule has 0 spiro atoms. The van der Waals surface area contributed by atoms with E-state index in [0.29, 0.717) is 17.9 Å². The Morgan fingerprint density at radius 1 is 1.26 bits per heavy atom. The molecule has 0 radical (unpaired) electrons. The van der Waals surface area contributed by atoms with Gasteiger partial charge >= 0.3 is 6.03 Å². The van der Waals surface area contributed by atoms with Crippen molar-refractivity contribution in [2.75, 3.05) is 0 Å². The highest BCUT2D eigenvalue weighted by atomic mass is 35.5. The smallest absolute Gasteiger partial charge is 0.330 e. The number of aryl methyl sites for hydroxylation is 1. The number of urea groups is 1. The first kappa shape index (κ1) is 24.9. The molecular formula is C23H26ClF2N7O2. The number of hydrogen-bond acceptors (Lipinski definition) is 6. The first-order valence-electron chi connectivity index (χ1n) is 11.2. The summed E-state index contributed by atoms with van der Waals surface area (Å²) in [5, 5.41) is 25.2. The number of nitrogens with one attached hydrogen (secondary N) is 1. The molecule has 0 saturated heterocycles. The Balaban J connectivity index is 1.50. The highest BCUT2D eigenvalue weighted by Crippen LogP contribution is 2.37. The highest BCUT2D eigenvalue weighted by Gasteiger charge is 2.32. The summed E-state index contributed by atoms with van der Waals surface area (Å²) in [6.07, 6.45) is 4.52. The van der Waals surface area contributed by atoms with E-state index in [9.17, 15) is 18.8 Å². The molecule has 1 saturated carbocycles. The zero-order valence-electron chi connectivity index (χ0n) is 19.6. The Kier molecular flexibility index (Phi) is 7.00. The molecule has 2 amide bonds. The Bertz CT molecular complexity index is 1240. The van der Waals surface area contributed by atoms with Crippen LogP contribution in [0, 0.1) is 17.0 Å². The van der Waals surface area contributed by atoms with Gasteiger partial charge in [0.1, 0.15) is 11.6 Å². The molecule has 1 fully saturated rings. The number of benzene rings is 1. The molecule has 9 nitrogen and oxygen atoms in total. The SMILES string of the molecule is Cn1nnc(-c2c(F)cc(Cl)cc2-c2cnc(CNC(=O)N(O)C3CCC(C)(C)CC3)c(F)c2)n1. The maximum atomic E-state index is 14.9. The van der Waals surface area contributed by atoms with Crippen molar-refractivity contribution in [3.63, 3.8) is 0 Å². The fraction of sp³-hybridized carbons (Fsp3) is 0.435. The third kappa shape index (κ3) is 5.57. The number of hydrogen-bond donors (Lipinski definition) is 2. The molecule has 12 heteroatoms. The van der Waals surface area contributed by atoms with Gasteiger partial charge in [-0.2, -0.15) is 4.80 Å². The van der Waals surface area contributed by atoms with Crippen LogP contribution in [0.5, 0.6) is 0 Å². The maximum Gasteiger partial charge on any atom is 0.341 e. The van der Waals surface area contributed by atoms with Crippen LogP contribution in [-0.2, 0) is 13.6 Å². The van der Waals surface area contributed by atoms with Crippen molar-refractivity contribution >= 4 is 17.6 Å². The van der Waals surface area contributed by atoms with Gasteiger partial charge in [0.25, 0.3) is 0 Å². The summed E-state index contributed by atoms with van der Waals surface area (Å²) in [5.74, 6) is -1.39. The van der Waals surface area contributed by atoms with Gasteiger partial charge in [0.05, 0.1) is 30.9 Å². The summed E-state index contributed by atoms with van der Waals surface area (Å²) >= 11 is 6.04. The highest BCUT2D eigenvalue weighted by molar-refractivity contribution is 6.31. The van der Waals surface area contributed by atoms with E-state index in [0.717, 1.165) is 18.9 Å². The minimum Gasteiger partial charge on any atom is -0.330 e. The number of amides is 2. The molecule has 1 aromatic carbocycles. The van der Waals surface area contributed by atoms with Crippen LogP contribution in [-0.4, -0.2) is 47.5 Å². The average molecular weight is 506 g/mol. The Morgan fingerprint density at radius 2 is 1.97 bits per heavy atom. The van der Waals surface area contributed by atoms with Crippen LogP contribution in [0.2, 0.25) is 5.02 Å². The zero-order chi connectivity index (χ0) is 25.3. The monoisotopic (exact) mass is 505 g/mol. The lowest BCUT2D eigenvalue weighted by Gasteiger charge is -2.37. The fourth-order valence-corrected chi connectivity index (χ4v) is 4.40. The number of carbonyl (C=O) groups excluding carboxylic acids is 1. The summed E-state index contributed by atoms with van der Waals surface area (Å²) in [6.45, 7) is 4.09. The van der Waals surface area contributed by atoms with Crippen LogP contribution in [0.25, 0.3) is 22.5 Å². The van der Waals surface area contributed by atoms with Crippen molar-refractivity contribution in [1.29, 1.82) is 0 Å². The summed E-state index contributed by atoms with van der Waals surface area (Å²) in [7, 11) is 1.54. The molecule has 1 aliphatic carbocycles. The second kappa shape index (κ2) is 9.82. The minimum atomic E-state index is -0.717. The number of halogens is 3. The van der Waals surface area contributed by atoms with Gasteiger partial charge in [-0.15, -0.1) is 10.2 Å². The van der Waals surface area contributed by atoms with Crippen molar-refractivity contribution in [3.05, 3.63) is 46.7 Å². The molecule has 2 N–H and O–H groups in total. The molecule has 0 aliphatic heterocycles. The van der Waals surface area contributed by atoms with Crippen molar-refractivity contribution in [2.45, 2.75) is 52.1 Å². The third-order valence-corrected chi connectivity index (χ3v) is 6.50. The predicted molar refractivity (Wildman–Crippen MR) is 124 cm³/mol. The van der Waals surface area contributed by atoms with Crippen LogP contribution < -0.4 is 5.32 Å². The second-order valence-corrected chi connectivity index (χ2v) is 9.90. The van der Waals surface area contributed by atoms with Gasteiger partial charge in [-0.1, -0.05) is 25.4 Å². The lowest BCUT2D eigenvalue weighted by atomic mass is 9.75. The van der Waals surface area contributed by atoms with E-state index in [1.165, 1.54) is 30.2 Å². The first-order valence-corrected chi connectivity index (χ1v) is 11.6. The van der Waals surface area contributed by atoms with E-state index < -0.39 is 17.7 Å². The Morgan fingerprint density at radius 3 is 2.60 bits per heavy atom. The van der Waals surface area contributed by atoms with Gasteiger partial charge in [-0.05, 0) is 60.1 Å². The molecular weight excluding hydrogens is 480 g/mol. The summed E-state index contributed by atoms with van der Waals surface area (Å²) in [6, 6.07) is 2.74. The lowest BCUT2D eigenvalue weighted by Crippen LogP contribution is -2.46. The van der Waals surface area contributed by atoms with Crippen LogP contribution in [0.15, 0.2) is 24.4 Å². The molecule has 0 bridgehead atoms. The number of pyridine rings is 1. The quantitative estimate of drug-likeness (QED) is 0.383. The van der Waals surface area contributed by atoms with E-state index >= 15 is 0 Å². The average Bonchev–Trinajstić information content (AvgIpc) is 3.22. The maximum absolute atomic E-state index is 14.9. The molecule has 0 unspecified atom stereocenters. The summed E-state index contributed by atoms with van der Waals surface area (Å²) in [4.78, 5) is 17.7. The lowest BCUT2D eigenvalue weighted by molar-refractivity contribution is -0.0943. The van der Waals surface area contributed by atoms with E-state index in [2.05, 4.69) is 39.6 Å². The number of aromatic nitrogens is 5. The number of tetrazole rings is 1. The van der Waals surface area contributed by atoms with E-state index in [1.807, 2.05) is 0 Å². The van der Waals surface area contributed by atoms with Gasteiger partial charge in [0.15, 0.2) is 0 Å². The van der Waals surface area contributed by atoms with Gasteiger partial charge in [-0.3, -0.25) is 10.2 Å². The molecule has 1 aliphatic rings. The van der Waals surface area contributed by atoms with Gasteiger partial charge in [0, 0.05) is 16.8 Å². The van der Waals surface area contributed by atoms with Crippen molar-refractivity contribution in [2.24, 2.45) is 12.5 Å². The van der Waals surface area contributed by atoms with E-state index in [-0.39, 0.29) is 51.2 Å². The van der Waals surface area contributed by atoms with Crippen LogP contribution in [0.1, 0.15) is 45.2 Å². The van der Waals surface area contributed by atoms with E-state index in [4.69, 9.17) is 11.6 Å². The van der Waals surface area contributed by atoms with Gasteiger partial charge in [-0.25, -0.2) is 18.6 Å². The van der Waals surface area contributed by atoms with Crippen LogP contribution in [0.4, 0.5) is 13.6 Å². The molecule has 2 aromatic heterocycles. The van der Waals surface area contributed by atoms with Gasteiger partial charge < -0.3 is 5.32 Å². The third-order valence-electron chi connectivity index (χ3n) is 6.29. The summed E-state index contributed by atoms with van der Waals surface area (Å²) < 4.78 is 29.7. The number of carbonyl (C=O) groups is 1. The minimum absolute atomic E-state index is 0.0105. The summed E-state index contributed by atoms with van der Waals surface area (Å²) in [5.41, 5.74) is 0.650. The van der Waals surface area contributed by atoms with Crippen LogP contribution >= 0.6 is 11.6 Å². The predicted octanol–water partition coefficient (Wildman–Crippen LogP) is 4.74. The molecule has 186 valence electrons. The van der Waals surface area contributed by atoms with Crippen molar-refractivity contribution in [1.82, 2.24) is 35.6 Å².